The molecule has 1 N–H and O–H groups in total. The monoisotopic (exact) mass is 280 g/mol. The fraction of sp³-hybridized carbons (Fsp3) is 0.625. The highest BCUT2D eigenvalue weighted by Crippen LogP contribution is 2.44. The van der Waals surface area contributed by atoms with Gasteiger partial charge in [0.2, 0.25) is 0 Å². The summed E-state index contributed by atoms with van der Waals surface area (Å²) in [6.07, 6.45) is 6.09. The maximum Gasteiger partial charge on any atom is 0.159 e. The van der Waals surface area contributed by atoms with Gasteiger partial charge in [0.15, 0.2) is 11.1 Å². The van der Waals surface area contributed by atoms with Crippen molar-refractivity contribution in [3.63, 3.8) is 0 Å². The molecule has 0 amide bonds. The lowest BCUT2D eigenvalue weighted by atomic mass is 9.93. The molecule has 1 fully saturated rings. The van der Waals surface area contributed by atoms with E-state index in [9.17, 15) is 8.76 Å². The Morgan fingerprint density at radius 3 is 2.26 bits per heavy atom. The van der Waals surface area contributed by atoms with Crippen molar-refractivity contribution in [3.8, 4) is 0 Å². The zero-order valence-corrected chi connectivity index (χ0v) is 13.0. The summed E-state index contributed by atoms with van der Waals surface area (Å²) in [7, 11) is 0. The molecule has 0 radical (unpaired) electrons. The van der Waals surface area contributed by atoms with Crippen LogP contribution >= 0.6 is 0 Å². The van der Waals surface area contributed by atoms with E-state index in [2.05, 4.69) is 32.9 Å². The van der Waals surface area contributed by atoms with Gasteiger partial charge in [-0.2, -0.15) is 0 Å². The third-order valence-corrected chi connectivity index (χ3v) is 5.55. The molecule has 0 heterocycles. The molecule has 19 heavy (non-hydrogen) atoms. The Bertz CT molecular complexity index is 467. The first-order valence-electron chi connectivity index (χ1n) is 7.18. The molecule has 0 saturated heterocycles. The molecule has 0 aromatic heterocycles. The topological polar surface area (TPSA) is 37.3 Å². The van der Waals surface area contributed by atoms with Crippen LogP contribution in [0.5, 0.6) is 0 Å². The summed E-state index contributed by atoms with van der Waals surface area (Å²) < 4.78 is 20.5. The highest BCUT2D eigenvalue weighted by molar-refractivity contribution is 7.81. The van der Waals surface area contributed by atoms with Gasteiger partial charge in [0.1, 0.15) is 0 Å². The summed E-state index contributed by atoms with van der Waals surface area (Å²) in [5.74, 6) is 0. The number of aryl methyl sites for hydroxylation is 3. The predicted octanol–water partition coefficient (Wildman–Crippen LogP) is 3.94. The van der Waals surface area contributed by atoms with Gasteiger partial charge in [-0.25, -0.2) is 4.21 Å². The number of rotatable bonds is 6. The Kier molecular flexibility index (Phi) is 4.46. The first-order chi connectivity index (χ1) is 8.98. The highest BCUT2D eigenvalue weighted by Gasteiger charge is 2.49. The zero-order valence-electron chi connectivity index (χ0n) is 12.2. The minimum atomic E-state index is -1.69. The van der Waals surface area contributed by atoms with E-state index in [1.54, 1.807) is 0 Å². The van der Waals surface area contributed by atoms with E-state index in [0.29, 0.717) is 0 Å². The Hall–Kier alpha value is -0.670. The summed E-state index contributed by atoms with van der Waals surface area (Å²) in [5, 5.41) is 0. The van der Waals surface area contributed by atoms with Gasteiger partial charge in [0.05, 0.1) is 4.75 Å². The average molecular weight is 280 g/mol. The van der Waals surface area contributed by atoms with Crippen LogP contribution in [0, 0.1) is 13.8 Å². The molecule has 1 aliphatic rings. The summed E-state index contributed by atoms with van der Waals surface area (Å²) in [4.78, 5) is 0. The Morgan fingerprint density at radius 1 is 1.26 bits per heavy atom. The molecule has 2 rings (SSSR count). The van der Waals surface area contributed by atoms with Crippen LogP contribution in [0.2, 0.25) is 0 Å². The molecule has 2 nitrogen and oxygen atoms in total. The zero-order chi connectivity index (χ0) is 14.0. The summed E-state index contributed by atoms with van der Waals surface area (Å²) >= 11 is -1.69. The van der Waals surface area contributed by atoms with Crippen molar-refractivity contribution in [2.24, 2.45) is 0 Å². The van der Waals surface area contributed by atoms with Gasteiger partial charge < -0.3 is 4.55 Å². The minimum Gasteiger partial charge on any atom is -0.306 e. The summed E-state index contributed by atoms with van der Waals surface area (Å²) in [6.45, 7) is 6.48. The lowest BCUT2D eigenvalue weighted by Gasteiger charge is -2.17. The van der Waals surface area contributed by atoms with Crippen molar-refractivity contribution < 1.29 is 8.76 Å². The second-order valence-electron chi connectivity index (χ2n) is 5.92. The van der Waals surface area contributed by atoms with Crippen molar-refractivity contribution in [1.29, 1.82) is 0 Å². The third kappa shape index (κ3) is 3.26. The molecule has 3 heteroatoms. The van der Waals surface area contributed by atoms with E-state index >= 15 is 0 Å². The second kappa shape index (κ2) is 5.76. The molecule has 1 aromatic carbocycles. The van der Waals surface area contributed by atoms with Crippen LogP contribution in [0.4, 0.5) is 0 Å². The molecule has 0 spiro atoms. The van der Waals surface area contributed by atoms with Gasteiger partial charge in [-0.3, -0.25) is 0 Å². The SMILES string of the molecule is CCCCc1cc(C)c(CC2(S(=O)O)CC2)c(C)c1. The third-order valence-electron chi connectivity index (χ3n) is 4.25. The van der Waals surface area contributed by atoms with E-state index in [1.165, 1.54) is 35.1 Å². The predicted molar refractivity (Wildman–Crippen MR) is 81.0 cm³/mol. The molecule has 0 aliphatic heterocycles. The molecule has 1 aromatic rings. The fourth-order valence-corrected chi connectivity index (χ4v) is 3.48. The number of benzene rings is 1. The average Bonchev–Trinajstić information content (AvgIpc) is 3.12. The van der Waals surface area contributed by atoms with Crippen molar-refractivity contribution >= 4 is 11.1 Å². The first-order valence-corrected chi connectivity index (χ1v) is 8.29. The molecule has 1 aliphatic carbocycles. The summed E-state index contributed by atoms with van der Waals surface area (Å²) in [5.41, 5.74) is 5.24. The van der Waals surface area contributed by atoms with E-state index in [-0.39, 0.29) is 4.75 Å². The van der Waals surface area contributed by atoms with E-state index in [1.807, 2.05) is 0 Å². The van der Waals surface area contributed by atoms with E-state index in [0.717, 1.165) is 25.7 Å². The maximum absolute atomic E-state index is 11.4. The summed E-state index contributed by atoms with van der Waals surface area (Å²) in [6, 6.07) is 4.52. The molecule has 0 bridgehead atoms. The second-order valence-corrected chi connectivity index (χ2v) is 7.29. The molecule has 1 saturated carbocycles. The Labute approximate surface area is 118 Å². The van der Waals surface area contributed by atoms with Crippen LogP contribution in [0.25, 0.3) is 0 Å². The Balaban J connectivity index is 2.20. The Morgan fingerprint density at radius 2 is 1.84 bits per heavy atom. The lowest BCUT2D eigenvalue weighted by Crippen LogP contribution is -2.20. The van der Waals surface area contributed by atoms with Crippen molar-refractivity contribution in [2.45, 2.75) is 64.0 Å². The van der Waals surface area contributed by atoms with E-state index in [4.69, 9.17) is 0 Å². The molecular formula is C16H24O2S. The standard InChI is InChI=1S/C16H24O2S/c1-4-5-6-14-9-12(2)15(13(3)10-14)11-16(7-8-16)19(17)18/h9-10H,4-8,11H2,1-3H3,(H,17,18). The number of hydrogen-bond donors (Lipinski definition) is 1. The maximum atomic E-state index is 11.4. The molecule has 1 unspecified atom stereocenters. The number of hydrogen-bond acceptors (Lipinski definition) is 1. The van der Waals surface area contributed by atoms with Gasteiger partial charge in [-0.1, -0.05) is 25.5 Å². The largest absolute Gasteiger partial charge is 0.306 e. The molecule has 1 atom stereocenters. The quantitative estimate of drug-likeness (QED) is 0.801. The minimum absolute atomic E-state index is 0.347. The van der Waals surface area contributed by atoms with Gasteiger partial charge in [-0.15, -0.1) is 0 Å². The smallest absolute Gasteiger partial charge is 0.159 e. The highest BCUT2D eigenvalue weighted by atomic mass is 32.2. The van der Waals surface area contributed by atoms with Crippen LogP contribution in [-0.4, -0.2) is 13.5 Å². The van der Waals surface area contributed by atoms with Crippen molar-refractivity contribution in [1.82, 2.24) is 0 Å². The van der Waals surface area contributed by atoms with Crippen LogP contribution in [0.3, 0.4) is 0 Å². The lowest BCUT2D eigenvalue weighted by molar-refractivity contribution is 0.542. The van der Waals surface area contributed by atoms with Gasteiger partial charge in [0, 0.05) is 0 Å². The molecular weight excluding hydrogens is 256 g/mol. The van der Waals surface area contributed by atoms with Crippen LogP contribution < -0.4 is 0 Å². The van der Waals surface area contributed by atoms with Crippen molar-refractivity contribution in [2.75, 3.05) is 0 Å². The number of unbranched alkanes of at least 4 members (excludes halogenated alkanes) is 1. The van der Waals surface area contributed by atoms with Gasteiger partial charge in [-0.05, 0) is 68.2 Å². The van der Waals surface area contributed by atoms with Gasteiger partial charge >= 0.3 is 0 Å². The van der Waals surface area contributed by atoms with Crippen molar-refractivity contribution in [3.05, 3.63) is 34.4 Å². The first kappa shape index (κ1) is 14.7. The van der Waals surface area contributed by atoms with Crippen LogP contribution in [-0.2, 0) is 23.9 Å². The van der Waals surface area contributed by atoms with Crippen LogP contribution in [0.15, 0.2) is 12.1 Å². The normalized spacial score (nSPS) is 18.3. The van der Waals surface area contributed by atoms with E-state index < -0.39 is 11.1 Å². The fourth-order valence-electron chi connectivity index (χ4n) is 2.76. The van der Waals surface area contributed by atoms with Crippen LogP contribution in [0.1, 0.15) is 54.9 Å². The molecule has 106 valence electrons. The van der Waals surface area contributed by atoms with Gasteiger partial charge in [0.25, 0.3) is 0 Å².